The second-order valence-corrected chi connectivity index (χ2v) is 7.11. The summed E-state index contributed by atoms with van der Waals surface area (Å²) in [5.41, 5.74) is -0.317. The summed E-state index contributed by atoms with van der Waals surface area (Å²) in [6.45, 7) is 5.12. The fourth-order valence-electron chi connectivity index (χ4n) is 1.78. The van der Waals surface area contributed by atoms with Crippen LogP contribution in [0.2, 0.25) is 5.02 Å². The third-order valence-corrected chi connectivity index (χ3v) is 3.53. The number of rotatable bonds is 4. The zero-order chi connectivity index (χ0) is 17.8. The van der Waals surface area contributed by atoms with Gasteiger partial charge in [-0.3, -0.25) is 0 Å². The molecule has 0 aliphatic heterocycles. The number of hydrogen-bond acceptors (Lipinski definition) is 5. The van der Waals surface area contributed by atoms with Crippen LogP contribution in [0.4, 0.5) is 4.79 Å². The van der Waals surface area contributed by atoms with Crippen LogP contribution < -0.4 is 5.32 Å². The first-order chi connectivity index (χ1) is 10.5. The van der Waals surface area contributed by atoms with Crippen LogP contribution in [0.1, 0.15) is 26.3 Å². The molecule has 1 rings (SSSR count). The lowest BCUT2D eigenvalue weighted by Crippen LogP contribution is -2.45. The lowest BCUT2D eigenvalue weighted by molar-refractivity contribution is -0.143. The van der Waals surface area contributed by atoms with Crippen LogP contribution in [-0.4, -0.2) is 35.9 Å². The maximum absolute atomic E-state index is 11.9. The summed E-state index contributed by atoms with van der Waals surface area (Å²) in [5.74, 6) is -0.722. The molecular formula is C15H19BrClNO5. The summed E-state index contributed by atoms with van der Waals surface area (Å²) >= 11 is 9.11. The first-order valence-electron chi connectivity index (χ1n) is 6.77. The lowest BCUT2D eigenvalue weighted by atomic mass is 10.0. The van der Waals surface area contributed by atoms with Crippen molar-refractivity contribution in [1.82, 2.24) is 5.32 Å². The van der Waals surface area contributed by atoms with E-state index >= 15 is 0 Å². The number of amides is 1. The van der Waals surface area contributed by atoms with Crippen molar-refractivity contribution < 1.29 is 24.2 Å². The van der Waals surface area contributed by atoms with Gasteiger partial charge in [0.15, 0.2) is 0 Å². The van der Waals surface area contributed by atoms with E-state index in [2.05, 4.69) is 26.0 Å². The molecule has 0 aromatic heterocycles. The SMILES string of the molecule is COC(=O)[C@H](Cc1cc(Cl)cc(Br)c1O)NC(=O)OC(C)(C)C. The van der Waals surface area contributed by atoms with Gasteiger partial charge in [-0.15, -0.1) is 0 Å². The number of benzene rings is 1. The van der Waals surface area contributed by atoms with Crippen LogP contribution in [0.25, 0.3) is 0 Å². The van der Waals surface area contributed by atoms with Gasteiger partial charge in [-0.2, -0.15) is 0 Å². The van der Waals surface area contributed by atoms with Gasteiger partial charge < -0.3 is 19.9 Å². The number of carbonyl (C=O) groups is 2. The molecule has 0 saturated heterocycles. The molecule has 2 N–H and O–H groups in total. The lowest BCUT2D eigenvalue weighted by Gasteiger charge is -2.23. The third kappa shape index (κ3) is 6.27. The van der Waals surface area contributed by atoms with Crippen molar-refractivity contribution in [3.63, 3.8) is 0 Å². The van der Waals surface area contributed by atoms with Gasteiger partial charge in [0.2, 0.25) is 0 Å². The molecule has 0 bridgehead atoms. The number of carbonyl (C=O) groups excluding carboxylic acids is 2. The maximum atomic E-state index is 11.9. The molecule has 1 atom stereocenters. The van der Waals surface area contributed by atoms with E-state index < -0.39 is 23.7 Å². The minimum atomic E-state index is -1.02. The van der Waals surface area contributed by atoms with Gasteiger partial charge in [0.1, 0.15) is 17.4 Å². The molecule has 0 saturated carbocycles. The average Bonchev–Trinajstić information content (AvgIpc) is 2.40. The standard InChI is InChI=1S/C15H19BrClNO5/c1-15(2,3)23-14(21)18-11(13(20)22-4)6-8-5-9(17)7-10(16)12(8)19/h5,7,11,19H,6H2,1-4H3,(H,18,21)/t11-/m0/s1. The van der Waals surface area contributed by atoms with Gasteiger partial charge in [0.05, 0.1) is 11.6 Å². The van der Waals surface area contributed by atoms with Crippen molar-refractivity contribution in [1.29, 1.82) is 0 Å². The molecule has 8 heteroatoms. The van der Waals surface area contributed by atoms with Crippen molar-refractivity contribution in [2.75, 3.05) is 7.11 Å². The highest BCUT2D eigenvalue weighted by Crippen LogP contribution is 2.32. The van der Waals surface area contributed by atoms with Crippen LogP contribution >= 0.6 is 27.5 Å². The smallest absolute Gasteiger partial charge is 0.408 e. The van der Waals surface area contributed by atoms with Crippen LogP contribution in [0.15, 0.2) is 16.6 Å². The Morgan fingerprint density at radius 2 is 2.00 bits per heavy atom. The number of methoxy groups -OCH3 is 1. The highest BCUT2D eigenvalue weighted by Gasteiger charge is 2.26. The number of phenols is 1. The number of nitrogens with one attached hydrogen (secondary N) is 1. The second kappa shape index (κ2) is 7.88. The molecule has 0 heterocycles. The molecule has 23 heavy (non-hydrogen) atoms. The number of hydrogen-bond donors (Lipinski definition) is 2. The molecule has 128 valence electrons. The summed E-state index contributed by atoms with van der Waals surface area (Å²) in [6.07, 6.45) is -0.759. The van der Waals surface area contributed by atoms with Gasteiger partial charge in [-0.1, -0.05) is 11.6 Å². The third-order valence-electron chi connectivity index (χ3n) is 2.71. The van der Waals surface area contributed by atoms with Crippen molar-refractivity contribution >= 4 is 39.6 Å². The Kier molecular flexibility index (Phi) is 6.70. The van der Waals surface area contributed by atoms with E-state index in [-0.39, 0.29) is 12.2 Å². The number of aromatic hydroxyl groups is 1. The van der Waals surface area contributed by atoms with E-state index in [4.69, 9.17) is 16.3 Å². The molecule has 0 aliphatic carbocycles. The van der Waals surface area contributed by atoms with Crippen LogP contribution in [0.5, 0.6) is 5.75 Å². The summed E-state index contributed by atoms with van der Waals surface area (Å²) in [7, 11) is 1.21. The Morgan fingerprint density at radius 3 is 2.52 bits per heavy atom. The van der Waals surface area contributed by atoms with Gasteiger partial charge in [0.25, 0.3) is 0 Å². The van der Waals surface area contributed by atoms with Gasteiger partial charge >= 0.3 is 12.1 Å². The van der Waals surface area contributed by atoms with E-state index in [9.17, 15) is 14.7 Å². The zero-order valence-electron chi connectivity index (χ0n) is 13.3. The average molecular weight is 409 g/mol. The molecule has 0 unspecified atom stereocenters. The Morgan fingerprint density at radius 1 is 1.39 bits per heavy atom. The summed E-state index contributed by atoms with van der Waals surface area (Å²) in [5, 5.41) is 12.9. The molecule has 0 spiro atoms. The van der Waals surface area contributed by atoms with E-state index in [1.54, 1.807) is 20.8 Å². The molecule has 0 radical (unpaired) electrons. The highest BCUT2D eigenvalue weighted by molar-refractivity contribution is 9.10. The summed E-state index contributed by atoms with van der Waals surface area (Å²) in [6, 6.07) is 2.01. The fraction of sp³-hybridized carbons (Fsp3) is 0.467. The molecule has 6 nitrogen and oxygen atoms in total. The van der Waals surface area contributed by atoms with E-state index in [0.717, 1.165) is 0 Å². The topological polar surface area (TPSA) is 84.9 Å². The van der Waals surface area contributed by atoms with Crippen LogP contribution in [-0.2, 0) is 20.7 Å². The van der Waals surface area contributed by atoms with E-state index in [0.29, 0.717) is 15.1 Å². The summed E-state index contributed by atoms with van der Waals surface area (Å²) < 4.78 is 10.2. The Hall–Kier alpha value is -1.47. The van der Waals surface area contributed by atoms with Crippen LogP contribution in [0.3, 0.4) is 0 Å². The number of phenolic OH excluding ortho intramolecular Hbond substituents is 1. The Balaban J connectivity index is 2.96. The van der Waals surface area contributed by atoms with Crippen molar-refractivity contribution in [3.8, 4) is 5.75 Å². The Bertz CT molecular complexity index is 600. The highest BCUT2D eigenvalue weighted by atomic mass is 79.9. The van der Waals surface area contributed by atoms with Crippen molar-refractivity contribution in [3.05, 3.63) is 27.2 Å². The number of alkyl carbamates (subject to hydrolysis) is 1. The van der Waals surface area contributed by atoms with Gasteiger partial charge in [-0.05, 0) is 54.4 Å². The molecule has 0 fully saturated rings. The Labute approximate surface area is 148 Å². The summed E-state index contributed by atoms with van der Waals surface area (Å²) in [4.78, 5) is 23.7. The number of halogens is 2. The predicted octanol–water partition coefficient (Wildman–Crippen LogP) is 3.42. The predicted molar refractivity (Wildman–Crippen MR) is 89.7 cm³/mol. The molecule has 1 amide bonds. The minimum absolute atomic E-state index is 0.00307. The zero-order valence-corrected chi connectivity index (χ0v) is 15.6. The van der Waals surface area contributed by atoms with E-state index in [1.807, 2.05) is 0 Å². The molecule has 1 aromatic carbocycles. The van der Waals surface area contributed by atoms with Gasteiger partial charge in [-0.25, -0.2) is 9.59 Å². The van der Waals surface area contributed by atoms with Crippen molar-refractivity contribution in [2.45, 2.75) is 38.8 Å². The maximum Gasteiger partial charge on any atom is 0.408 e. The number of ether oxygens (including phenoxy) is 2. The minimum Gasteiger partial charge on any atom is -0.506 e. The van der Waals surface area contributed by atoms with Gasteiger partial charge in [0, 0.05) is 11.4 Å². The molecule has 1 aromatic rings. The first-order valence-corrected chi connectivity index (χ1v) is 7.95. The molecule has 0 aliphatic rings. The molecular weight excluding hydrogens is 390 g/mol. The van der Waals surface area contributed by atoms with E-state index in [1.165, 1.54) is 19.2 Å². The number of esters is 1. The normalized spacial score (nSPS) is 12.4. The quantitative estimate of drug-likeness (QED) is 0.746. The largest absolute Gasteiger partial charge is 0.506 e. The monoisotopic (exact) mass is 407 g/mol. The van der Waals surface area contributed by atoms with Crippen molar-refractivity contribution in [2.24, 2.45) is 0 Å². The second-order valence-electron chi connectivity index (χ2n) is 5.82. The first kappa shape index (κ1) is 19.6. The fourth-order valence-corrected chi connectivity index (χ4v) is 2.65. The van der Waals surface area contributed by atoms with Crippen LogP contribution in [0, 0.1) is 0 Å².